The molecule has 0 aromatic rings. The van der Waals surface area contributed by atoms with E-state index in [1.165, 1.54) is 19.3 Å². The van der Waals surface area contributed by atoms with Gasteiger partial charge >= 0.3 is 0 Å². The first-order valence-electron chi connectivity index (χ1n) is 4.49. The molecule has 62 valence electrons. The van der Waals surface area contributed by atoms with Crippen molar-refractivity contribution in [3.8, 4) is 0 Å². The largest absolute Gasteiger partial charge is 0.240 e. The van der Waals surface area contributed by atoms with Gasteiger partial charge in [-0.2, -0.15) is 0 Å². The van der Waals surface area contributed by atoms with Crippen LogP contribution in [0.2, 0.25) is 0 Å². The van der Waals surface area contributed by atoms with E-state index >= 15 is 0 Å². The molecule has 1 heteroatoms. The standard InChI is InChI=1S/C10H17N/c1-4-9-7-10(11-5-2)6-8(9)3/h8-10H,2,4,6-7H2,1,3H3/t8-,9+,10-/m0/s1. The van der Waals surface area contributed by atoms with E-state index in [0.717, 1.165) is 11.8 Å². The second-order valence-electron chi connectivity index (χ2n) is 3.56. The number of nitrogens with zero attached hydrogens (tertiary/aromatic N) is 1. The summed E-state index contributed by atoms with van der Waals surface area (Å²) in [5.74, 6) is 4.39. The van der Waals surface area contributed by atoms with Crippen molar-refractivity contribution >= 4 is 5.87 Å². The number of rotatable bonds is 2. The lowest BCUT2D eigenvalue weighted by Crippen LogP contribution is -2.00. The lowest BCUT2D eigenvalue weighted by Gasteiger charge is -2.09. The highest BCUT2D eigenvalue weighted by Gasteiger charge is 2.29. The third-order valence-electron chi connectivity index (χ3n) is 2.82. The normalized spacial score (nSPS) is 36.7. The fraction of sp³-hybridized carbons (Fsp3) is 0.800. The van der Waals surface area contributed by atoms with Crippen LogP contribution in [0.5, 0.6) is 0 Å². The summed E-state index contributed by atoms with van der Waals surface area (Å²) < 4.78 is 0. The Labute approximate surface area is 69.2 Å². The molecule has 0 saturated heterocycles. The molecule has 1 fully saturated rings. The first kappa shape index (κ1) is 8.55. The zero-order valence-electron chi connectivity index (χ0n) is 7.51. The molecule has 1 nitrogen and oxygen atoms in total. The van der Waals surface area contributed by atoms with Gasteiger partial charge < -0.3 is 0 Å². The lowest BCUT2D eigenvalue weighted by molar-refractivity contribution is 0.407. The summed E-state index contributed by atoms with van der Waals surface area (Å²) in [6, 6.07) is 0.521. The molecule has 0 aliphatic heterocycles. The summed E-state index contributed by atoms with van der Waals surface area (Å²) in [5.41, 5.74) is 0. The van der Waals surface area contributed by atoms with Crippen LogP contribution < -0.4 is 0 Å². The Kier molecular flexibility index (Phi) is 2.90. The van der Waals surface area contributed by atoms with Crippen LogP contribution in [-0.2, 0) is 0 Å². The van der Waals surface area contributed by atoms with Crippen LogP contribution in [0.25, 0.3) is 0 Å². The summed E-state index contributed by atoms with van der Waals surface area (Å²) in [6.07, 6.45) is 3.78. The van der Waals surface area contributed by atoms with E-state index in [-0.39, 0.29) is 0 Å². The van der Waals surface area contributed by atoms with E-state index < -0.39 is 0 Å². The van der Waals surface area contributed by atoms with Gasteiger partial charge in [-0.3, -0.25) is 0 Å². The van der Waals surface area contributed by atoms with Crippen molar-refractivity contribution in [1.29, 1.82) is 0 Å². The van der Waals surface area contributed by atoms with Gasteiger partial charge in [-0.1, -0.05) is 20.3 Å². The molecule has 1 saturated carbocycles. The van der Waals surface area contributed by atoms with Crippen LogP contribution in [0.3, 0.4) is 0 Å². The van der Waals surface area contributed by atoms with Crippen LogP contribution in [-0.4, -0.2) is 11.9 Å². The second-order valence-corrected chi connectivity index (χ2v) is 3.56. The maximum Gasteiger partial charge on any atom is 0.0599 e. The van der Waals surface area contributed by atoms with E-state index in [1.807, 2.05) is 0 Å². The Bertz CT molecular complexity index is 168. The van der Waals surface area contributed by atoms with Crippen molar-refractivity contribution in [3.63, 3.8) is 0 Å². The quantitative estimate of drug-likeness (QED) is 0.538. The van der Waals surface area contributed by atoms with Crippen molar-refractivity contribution in [3.05, 3.63) is 6.58 Å². The third-order valence-corrected chi connectivity index (χ3v) is 2.82. The van der Waals surface area contributed by atoms with Crippen molar-refractivity contribution in [2.75, 3.05) is 0 Å². The monoisotopic (exact) mass is 151 g/mol. The van der Waals surface area contributed by atoms with Crippen molar-refractivity contribution in [2.24, 2.45) is 16.8 Å². The molecule has 0 aromatic carbocycles. The van der Waals surface area contributed by atoms with Gasteiger partial charge in [-0.05, 0) is 37.1 Å². The molecule has 1 rings (SSSR count). The van der Waals surface area contributed by atoms with Gasteiger partial charge in [-0.15, -0.1) is 0 Å². The first-order valence-corrected chi connectivity index (χ1v) is 4.49. The predicted molar refractivity (Wildman–Crippen MR) is 49.0 cm³/mol. The Morgan fingerprint density at radius 1 is 1.55 bits per heavy atom. The van der Waals surface area contributed by atoms with E-state index in [9.17, 15) is 0 Å². The minimum atomic E-state index is 0.521. The molecule has 0 heterocycles. The van der Waals surface area contributed by atoms with E-state index in [1.54, 1.807) is 0 Å². The van der Waals surface area contributed by atoms with Crippen LogP contribution >= 0.6 is 0 Å². The maximum absolute atomic E-state index is 4.21. The molecule has 0 amide bonds. The Morgan fingerprint density at radius 3 is 2.73 bits per heavy atom. The number of aliphatic imine (C=N–C) groups is 1. The molecule has 1 aliphatic rings. The zero-order valence-corrected chi connectivity index (χ0v) is 7.51. The van der Waals surface area contributed by atoms with Gasteiger partial charge in [-0.25, -0.2) is 4.99 Å². The van der Waals surface area contributed by atoms with Crippen LogP contribution in [0.4, 0.5) is 0 Å². The average molecular weight is 151 g/mol. The molecule has 0 spiro atoms. The van der Waals surface area contributed by atoms with E-state index in [4.69, 9.17) is 0 Å². The minimum absolute atomic E-state index is 0.521. The molecular formula is C10H17N. The van der Waals surface area contributed by atoms with Crippen LogP contribution in [0.1, 0.15) is 33.1 Å². The number of hydrogen-bond donors (Lipinski definition) is 0. The first-order chi connectivity index (χ1) is 5.27. The van der Waals surface area contributed by atoms with Crippen LogP contribution in [0.15, 0.2) is 11.6 Å². The molecule has 3 atom stereocenters. The molecule has 0 radical (unpaired) electrons. The summed E-state index contributed by atoms with van der Waals surface area (Å²) in [4.78, 5) is 4.21. The fourth-order valence-electron chi connectivity index (χ4n) is 2.10. The summed E-state index contributed by atoms with van der Waals surface area (Å²) in [5, 5.41) is 0. The lowest BCUT2D eigenvalue weighted by atomic mass is 9.96. The van der Waals surface area contributed by atoms with Crippen molar-refractivity contribution in [2.45, 2.75) is 39.2 Å². The van der Waals surface area contributed by atoms with Gasteiger partial charge in [0.15, 0.2) is 0 Å². The van der Waals surface area contributed by atoms with Crippen LogP contribution in [0, 0.1) is 11.8 Å². The van der Waals surface area contributed by atoms with Gasteiger partial charge in [0.1, 0.15) is 0 Å². The van der Waals surface area contributed by atoms with E-state index in [0.29, 0.717) is 6.04 Å². The molecule has 11 heavy (non-hydrogen) atoms. The molecule has 0 N–H and O–H groups in total. The molecule has 0 bridgehead atoms. The average Bonchev–Trinajstić information content (AvgIpc) is 2.32. The molecular weight excluding hydrogens is 134 g/mol. The van der Waals surface area contributed by atoms with Crippen molar-refractivity contribution < 1.29 is 0 Å². The van der Waals surface area contributed by atoms with Gasteiger partial charge in [0.25, 0.3) is 0 Å². The number of hydrogen-bond acceptors (Lipinski definition) is 1. The van der Waals surface area contributed by atoms with Gasteiger partial charge in [0.05, 0.1) is 6.04 Å². The smallest absolute Gasteiger partial charge is 0.0599 e. The maximum atomic E-state index is 4.21. The third kappa shape index (κ3) is 1.94. The summed E-state index contributed by atoms with van der Waals surface area (Å²) >= 11 is 0. The highest BCUT2D eigenvalue weighted by molar-refractivity contribution is 5.46. The summed E-state index contributed by atoms with van der Waals surface area (Å²) in [7, 11) is 0. The highest BCUT2D eigenvalue weighted by atomic mass is 14.8. The van der Waals surface area contributed by atoms with E-state index in [2.05, 4.69) is 31.3 Å². The predicted octanol–water partition coefficient (Wildman–Crippen LogP) is 2.67. The summed E-state index contributed by atoms with van der Waals surface area (Å²) in [6.45, 7) is 8.10. The second kappa shape index (κ2) is 3.73. The van der Waals surface area contributed by atoms with Gasteiger partial charge in [0, 0.05) is 0 Å². The Morgan fingerprint density at radius 2 is 2.27 bits per heavy atom. The molecule has 0 unspecified atom stereocenters. The zero-order chi connectivity index (χ0) is 8.27. The SMILES string of the molecule is C=C=N[C@@H]1C[C@@H](CC)[C@@H](C)C1. The molecule has 1 aliphatic carbocycles. The van der Waals surface area contributed by atoms with Crippen molar-refractivity contribution in [1.82, 2.24) is 0 Å². The Hall–Kier alpha value is -0.550. The molecule has 0 aromatic heterocycles. The fourth-order valence-corrected chi connectivity index (χ4v) is 2.10. The topological polar surface area (TPSA) is 12.4 Å². The minimum Gasteiger partial charge on any atom is -0.240 e. The van der Waals surface area contributed by atoms with Gasteiger partial charge in [0.2, 0.25) is 0 Å². The highest BCUT2D eigenvalue weighted by Crippen LogP contribution is 2.35. The Balaban J connectivity index is 2.48.